The number of hydrogen-bond acceptors (Lipinski definition) is 4. The summed E-state index contributed by atoms with van der Waals surface area (Å²) in [6.07, 6.45) is 3.51. The Labute approximate surface area is 141 Å². The smallest absolute Gasteiger partial charge is 0.242 e. The Morgan fingerprint density at radius 2 is 1.96 bits per heavy atom. The van der Waals surface area contributed by atoms with Crippen LogP contribution in [0.3, 0.4) is 0 Å². The summed E-state index contributed by atoms with van der Waals surface area (Å²) in [5.74, 6) is -0.221. The van der Waals surface area contributed by atoms with E-state index < -0.39 is 10.0 Å². The summed E-state index contributed by atoms with van der Waals surface area (Å²) in [5.41, 5.74) is 2.59. The van der Waals surface area contributed by atoms with Gasteiger partial charge in [0.2, 0.25) is 15.9 Å². The second-order valence-electron chi connectivity index (χ2n) is 5.78. The van der Waals surface area contributed by atoms with E-state index in [1.807, 2.05) is 24.3 Å². The summed E-state index contributed by atoms with van der Waals surface area (Å²) >= 11 is 0. The first-order valence-electron chi connectivity index (χ1n) is 7.68. The minimum atomic E-state index is -3.52. The quantitative estimate of drug-likeness (QED) is 0.822. The number of fused-ring (bicyclic) bond motifs is 1. The third kappa shape index (κ3) is 3.63. The molecular weight excluding hydrogens is 326 g/mol. The van der Waals surface area contributed by atoms with E-state index in [2.05, 4.69) is 4.98 Å². The van der Waals surface area contributed by atoms with Gasteiger partial charge in [0, 0.05) is 18.4 Å². The van der Waals surface area contributed by atoms with Gasteiger partial charge in [-0.15, -0.1) is 0 Å². The first-order valence-corrected chi connectivity index (χ1v) is 9.53. The number of carbonyl (C=O) groups is 1. The van der Waals surface area contributed by atoms with Gasteiger partial charge in [-0.05, 0) is 30.2 Å². The third-order valence-electron chi connectivity index (χ3n) is 4.03. The number of sulfonamides is 1. The van der Waals surface area contributed by atoms with E-state index in [9.17, 15) is 13.2 Å². The number of carbonyl (C=O) groups excluding carboxylic acids is 1. The summed E-state index contributed by atoms with van der Waals surface area (Å²) in [6, 6.07) is 13.0. The van der Waals surface area contributed by atoms with Crippen molar-refractivity contribution in [1.82, 2.24) is 9.29 Å². The lowest BCUT2D eigenvalue weighted by Gasteiger charge is -2.23. The van der Waals surface area contributed by atoms with Gasteiger partial charge in [0.25, 0.3) is 0 Å². The van der Waals surface area contributed by atoms with E-state index in [0.29, 0.717) is 12.2 Å². The Hall–Kier alpha value is -2.25. The van der Waals surface area contributed by atoms with Crippen LogP contribution in [-0.2, 0) is 27.8 Å². The molecule has 24 heavy (non-hydrogen) atoms. The second kappa shape index (κ2) is 6.70. The number of hydrogen-bond donors (Lipinski definition) is 0. The van der Waals surface area contributed by atoms with Gasteiger partial charge in [-0.1, -0.05) is 24.3 Å². The molecular formula is C17H19N3O3S. The van der Waals surface area contributed by atoms with E-state index in [4.69, 9.17) is 0 Å². The van der Waals surface area contributed by atoms with E-state index in [-0.39, 0.29) is 19.0 Å². The molecule has 0 saturated carbocycles. The van der Waals surface area contributed by atoms with Crippen LogP contribution < -0.4 is 4.90 Å². The van der Waals surface area contributed by atoms with Crippen molar-refractivity contribution in [3.05, 3.63) is 59.9 Å². The van der Waals surface area contributed by atoms with Gasteiger partial charge in [-0.3, -0.25) is 9.78 Å². The predicted octanol–water partition coefficient (Wildman–Crippen LogP) is 1.43. The van der Waals surface area contributed by atoms with Gasteiger partial charge in [0.05, 0.1) is 25.0 Å². The SMILES string of the molecule is CS(=O)(=O)N(CC(=O)N1CCc2ccccc21)Cc1ccccn1. The number of benzene rings is 1. The zero-order valence-electron chi connectivity index (χ0n) is 13.4. The van der Waals surface area contributed by atoms with Crippen molar-refractivity contribution in [1.29, 1.82) is 0 Å². The molecule has 126 valence electrons. The van der Waals surface area contributed by atoms with E-state index >= 15 is 0 Å². The highest BCUT2D eigenvalue weighted by molar-refractivity contribution is 7.88. The largest absolute Gasteiger partial charge is 0.311 e. The fourth-order valence-electron chi connectivity index (χ4n) is 2.80. The third-order valence-corrected chi connectivity index (χ3v) is 5.23. The molecule has 1 amide bonds. The normalized spacial score (nSPS) is 14.0. The summed E-state index contributed by atoms with van der Waals surface area (Å²) in [5, 5.41) is 0. The summed E-state index contributed by atoms with van der Waals surface area (Å²) < 4.78 is 25.3. The molecule has 3 rings (SSSR count). The molecule has 0 N–H and O–H groups in total. The molecule has 0 fully saturated rings. The highest BCUT2D eigenvalue weighted by atomic mass is 32.2. The molecule has 1 aliphatic heterocycles. The average molecular weight is 345 g/mol. The van der Waals surface area contributed by atoms with Gasteiger partial charge in [-0.25, -0.2) is 8.42 Å². The maximum absolute atomic E-state index is 12.7. The van der Waals surface area contributed by atoms with Gasteiger partial charge in [0.1, 0.15) is 0 Å². The Morgan fingerprint density at radius 1 is 1.21 bits per heavy atom. The first kappa shape index (κ1) is 16.6. The van der Waals surface area contributed by atoms with Gasteiger partial charge in [0.15, 0.2) is 0 Å². The molecule has 1 aliphatic rings. The highest BCUT2D eigenvalue weighted by Crippen LogP contribution is 2.27. The van der Waals surface area contributed by atoms with Crippen LogP contribution in [0.25, 0.3) is 0 Å². The fraction of sp³-hybridized carbons (Fsp3) is 0.294. The van der Waals surface area contributed by atoms with Crippen molar-refractivity contribution in [3.63, 3.8) is 0 Å². The summed E-state index contributed by atoms with van der Waals surface area (Å²) in [7, 11) is -3.52. The molecule has 6 nitrogen and oxygen atoms in total. The number of nitrogens with zero attached hydrogens (tertiary/aromatic N) is 3. The number of para-hydroxylation sites is 1. The maximum atomic E-state index is 12.7. The van der Waals surface area contributed by atoms with Crippen LogP contribution in [0.2, 0.25) is 0 Å². The first-order chi connectivity index (χ1) is 11.4. The number of rotatable bonds is 5. The van der Waals surface area contributed by atoms with E-state index in [0.717, 1.165) is 23.9 Å². The molecule has 0 bridgehead atoms. The Morgan fingerprint density at radius 3 is 2.67 bits per heavy atom. The van der Waals surface area contributed by atoms with Crippen molar-refractivity contribution >= 4 is 21.6 Å². The van der Waals surface area contributed by atoms with Crippen molar-refractivity contribution in [2.24, 2.45) is 0 Å². The monoisotopic (exact) mass is 345 g/mol. The average Bonchev–Trinajstić information content (AvgIpc) is 2.98. The number of amides is 1. The van der Waals surface area contributed by atoms with Gasteiger partial charge in [-0.2, -0.15) is 4.31 Å². The molecule has 0 radical (unpaired) electrons. The minimum Gasteiger partial charge on any atom is -0.311 e. The molecule has 2 heterocycles. The molecule has 0 aliphatic carbocycles. The van der Waals surface area contributed by atoms with Crippen molar-refractivity contribution in [3.8, 4) is 0 Å². The van der Waals surface area contributed by atoms with Crippen LogP contribution in [0.1, 0.15) is 11.3 Å². The Balaban J connectivity index is 1.77. The maximum Gasteiger partial charge on any atom is 0.242 e. The summed E-state index contributed by atoms with van der Waals surface area (Å²) in [6.45, 7) is 0.476. The lowest BCUT2D eigenvalue weighted by Crippen LogP contribution is -2.41. The van der Waals surface area contributed by atoms with Crippen LogP contribution in [0.4, 0.5) is 5.69 Å². The summed E-state index contributed by atoms with van der Waals surface area (Å²) in [4.78, 5) is 18.5. The fourth-order valence-corrected chi connectivity index (χ4v) is 3.51. The molecule has 0 saturated heterocycles. The molecule has 0 unspecified atom stereocenters. The highest BCUT2D eigenvalue weighted by Gasteiger charge is 2.28. The minimum absolute atomic E-state index is 0.0842. The van der Waals surface area contributed by atoms with E-state index in [1.54, 1.807) is 29.3 Å². The molecule has 0 spiro atoms. The molecule has 0 atom stereocenters. The van der Waals surface area contributed by atoms with Crippen molar-refractivity contribution in [2.45, 2.75) is 13.0 Å². The Bertz CT molecular complexity index is 837. The Kier molecular flexibility index (Phi) is 4.64. The van der Waals surface area contributed by atoms with Crippen LogP contribution in [0, 0.1) is 0 Å². The lowest BCUT2D eigenvalue weighted by molar-refractivity contribution is -0.118. The van der Waals surface area contributed by atoms with Gasteiger partial charge < -0.3 is 4.90 Å². The molecule has 1 aromatic carbocycles. The predicted molar refractivity (Wildman–Crippen MR) is 92.0 cm³/mol. The van der Waals surface area contributed by atoms with Crippen molar-refractivity contribution in [2.75, 3.05) is 24.2 Å². The van der Waals surface area contributed by atoms with Crippen LogP contribution in [0.5, 0.6) is 0 Å². The molecule has 7 heteroatoms. The molecule has 2 aromatic rings. The van der Waals surface area contributed by atoms with Crippen LogP contribution >= 0.6 is 0 Å². The number of pyridine rings is 1. The zero-order valence-corrected chi connectivity index (χ0v) is 14.2. The van der Waals surface area contributed by atoms with Crippen LogP contribution in [-0.4, -0.2) is 43.0 Å². The van der Waals surface area contributed by atoms with E-state index in [1.165, 1.54) is 4.31 Å². The van der Waals surface area contributed by atoms with Gasteiger partial charge >= 0.3 is 0 Å². The molecule has 1 aromatic heterocycles. The number of aromatic nitrogens is 1. The second-order valence-corrected chi connectivity index (χ2v) is 7.76. The standard InChI is InChI=1S/C17H19N3O3S/c1-24(22,23)19(12-15-7-4-5-10-18-15)13-17(21)20-11-9-14-6-2-3-8-16(14)20/h2-8,10H,9,11-13H2,1H3. The lowest BCUT2D eigenvalue weighted by atomic mass is 10.2. The number of anilines is 1. The van der Waals surface area contributed by atoms with Crippen LogP contribution in [0.15, 0.2) is 48.7 Å². The topological polar surface area (TPSA) is 70.6 Å². The zero-order chi connectivity index (χ0) is 17.2. The van der Waals surface area contributed by atoms with Crippen molar-refractivity contribution < 1.29 is 13.2 Å².